The Labute approximate surface area is 120 Å². The number of fused-ring (bicyclic) bond motifs is 1. The number of aromatic nitrogens is 1. The van der Waals surface area contributed by atoms with Gasteiger partial charge in [-0.3, -0.25) is 0 Å². The van der Waals surface area contributed by atoms with Crippen LogP contribution >= 0.6 is 11.3 Å². The number of ether oxygens (including phenoxy) is 1. The molecule has 7 heteroatoms. The third kappa shape index (κ3) is 4.43. The van der Waals surface area contributed by atoms with Crippen LogP contribution in [0.1, 0.15) is 34.3 Å². The highest BCUT2D eigenvalue weighted by Crippen LogP contribution is 2.34. The summed E-state index contributed by atoms with van der Waals surface area (Å²) in [4.78, 5) is 5.90. The van der Waals surface area contributed by atoms with Gasteiger partial charge in [0.15, 0.2) is 0 Å². The maximum absolute atomic E-state index is 12.0. The van der Waals surface area contributed by atoms with Crippen molar-refractivity contribution in [2.24, 2.45) is 0 Å². The van der Waals surface area contributed by atoms with Crippen LogP contribution in [-0.4, -0.2) is 38.0 Å². The topological polar surface area (TPSA) is 34.1 Å². The zero-order valence-corrected chi connectivity index (χ0v) is 12.2. The number of halogens is 3. The summed E-state index contributed by atoms with van der Waals surface area (Å²) >= 11 is 1.62. The Morgan fingerprint density at radius 1 is 1.45 bits per heavy atom. The van der Waals surface area contributed by atoms with Gasteiger partial charge in [-0.2, -0.15) is 13.2 Å². The molecule has 2 rings (SSSR count). The van der Waals surface area contributed by atoms with Crippen LogP contribution in [0.25, 0.3) is 0 Å². The van der Waals surface area contributed by atoms with Crippen LogP contribution in [0.5, 0.6) is 0 Å². The molecule has 0 radical (unpaired) electrons. The van der Waals surface area contributed by atoms with E-state index in [1.54, 1.807) is 11.3 Å². The molecule has 0 spiro atoms. The second-order valence-corrected chi connectivity index (χ2v) is 6.15. The van der Waals surface area contributed by atoms with Crippen molar-refractivity contribution in [3.05, 3.63) is 15.6 Å². The van der Waals surface area contributed by atoms with Crippen LogP contribution in [0.15, 0.2) is 0 Å². The molecule has 1 aromatic rings. The fourth-order valence-corrected chi connectivity index (χ4v) is 3.63. The Morgan fingerprint density at radius 3 is 2.95 bits per heavy atom. The molecule has 1 aliphatic rings. The highest BCUT2D eigenvalue weighted by atomic mass is 32.1. The third-order valence-corrected chi connectivity index (χ3v) is 4.48. The first-order valence-electron chi connectivity index (χ1n) is 6.77. The number of hydrogen-bond donors (Lipinski definition) is 1. The molecule has 1 atom stereocenters. The van der Waals surface area contributed by atoms with Crippen LogP contribution in [-0.2, 0) is 17.6 Å². The fourth-order valence-electron chi connectivity index (χ4n) is 2.46. The van der Waals surface area contributed by atoms with Crippen molar-refractivity contribution in [1.82, 2.24) is 10.3 Å². The van der Waals surface area contributed by atoms with Crippen LogP contribution in [0.3, 0.4) is 0 Å². The lowest BCUT2D eigenvalue weighted by atomic mass is 9.91. The second-order valence-electron chi connectivity index (χ2n) is 4.98. The minimum atomic E-state index is -4.25. The molecule has 3 nitrogen and oxygen atoms in total. The van der Waals surface area contributed by atoms with Crippen LogP contribution in [0.2, 0.25) is 0 Å². The number of hydrogen-bond acceptors (Lipinski definition) is 4. The standard InChI is InChI=1S/C13H19F3N2OS/c1-17-7-9-3-2-4-10-12(9)18-11(20-10)5-6-19-8-13(14,15)16/h9,17H,2-8H2,1H3. The molecular weight excluding hydrogens is 289 g/mol. The number of alkyl halides is 3. The molecule has 1 heterocycles. The monoisotopic (exact) mass is 308 g/mol. The number of thiazole rings is 1. The molecule has 0 bridgehead atoms. The zero-order valence-electron chi connectivity index (χ0n) is 11.4. The van der Waals surface area contributed by atoms with E-state index in [1.807, 2.05) is 7.05 Å². The molecule has 114 valence electrons. The van der Waals surface area contributed by atoms with E-state index in [-0.39, 0.29) is 6.61 Å². The first kappa shape index (κ1) is 15.7. The Balaban J connectivity index is 1.88. The van der Waals surface area contributed by atoms with Gasteiger partial charge in [0, 0.05) is 23.8 Å². The molecule has 0 aliphatic heterocycles. The van der Waals surface area contributed by atoms with E-state index in [2.05, 4.69) is 15.0 Å². The predicted octanol–water partition coefficient (Wildman–Crippen LogP) is 2.90. The summed E-state index contributed by atoms with van der Waals surface area (Å²) in [5.74, 6) is 0.435. The van der Waals surface area contributed by atoms with Crippen molar-refractivity contribution in [1.29, 1.82) is 0 Å². The highest BCUT2D eigenvalue weighted by Gasteiger charge is 2.27. The van der Waals surface area contributed by atoms with E-state index in [0.717, 1.165) is 36.5 Å². The summed E-state index contributed by atoms with van der Waals surface area (Å²) in [6.07, 6.45) is -0.468. The quantitative estimate of drug-likeness (QED) is 0.821. The van der Waals surface area contributed by atoms with Gasteiger partial charge in [0.2, 0.25) is 0 Å². The Kier molecular flexibility index (Phi) is 5.40. The Hall–Kier alpha value is -0.660. The molecule has 0 fully saturated rings. The summed E-state index contributed by atoms with van der Waals surface area (Å²) in [5, 5.41) is 4.06. The average Bonchev–Trinajstić information content (AvgIpc) is 2.78. The molecule has 1 aromatic heterocycles. The molecule has 1 N–H and O–H groups in total. The molecule has 0 aromatic carbocycles. The third-order valence-electron chi connectivity index (χ3n) is 3.29. The number of aryl methyl sites for hydroxylation is 1. The highest BCUT2D eigenvalue weighted by molar-refractivity contribution is 7.11. The first-order chi connectivity index (χ1) is 9.49. The molecule has 0 saturated heterocycles. The number of likely N-dealkylation sites (N-methyl/N-ethyl adjacent to an activating group) is 1. The summed E-state index contributed by atoms with van der Waals surface area (Å²) in [6.45, 7) is -0.205. The Bertz CT molecular complexity index is 434. The predicted molar refractivity (Wildman–Crippen MR) is 72.3 cm³/mol. The van der Waals surface area contributed by atoms with Crippen LogP contribution in [0.4, 0.5) is 13.2 Å². The van der Waals surface area contributed by atoms with Crippen molar-refractivity contribution in [2.75, 3.05) is 26.8 Å². The zero-order chi connectivity index (χ0) is 14.6. The summed E-state index contributed by atoms with van der Waals surface area (Å²) < 4.78 is 40.5. The van der Waals surface area contributed by atoms with Crippen molar-refractivity contribution in [3.8, 4) is 0 Å². The Morgan fingerprint density at radius 2 is 2.25 bits per heavy atom. The average molecular weight is 308 g/mol. The largest absolute Gasteiger partial charge is 0.411 e. The van der Waals surface area contributed by atoms with Crippen molar-refractivity contribution >= 4 is 11.3 Å². The van der Waals surface area contributed by atoms with E-state index in [0.29, 0.717) is 12.3 Å². The SMILES string of the molecule is CNCC1CCCc2sc(CCOCC(F)(F)F)nc21. The van der Waals surface area contributed by atoms with Gasteiger partial charge in [0.1, 0.15) is 6.61 Å². The fraction of sp³-hybridized carbons (Fsp3) is 0.769. The van der Waals surface area contributed by atoms with Crippen LogP contribution < -0.4 is 5.32 Å². The maximum atomic E-state index is 12.0. The minimum absolute atomic E-state index is 0.0720. The first-order valence-corrected chi connectivity index (χ1v) is 7.59. The van der Waals surface area contributed by atoms with E-state index in [4.69, 9.17) is 0 Å². The lowest BCUT2D eigenvalue weighted by Crippen LogP contribution is -2.21. The number of nitrogens with zero attached hydrogens (tertiary/aromatic N) is 1. The van der Waals surface area contributed by atoms with E-state index < -0.39 is 12.8 Å². The van der Waals surface area contributed by atoms with Crippen LogP contribution in [0, 0.1) is 0 Å². The maximum Gasteiger partial charge on any atom is 0.411 e. The summed E-state index contributed by atoms with van der Waals surface area (Å²) in [5.41, 5.74) is 1.14. The van der Waals surface area contributed by atoms with Gasteiger partial charge in [-0.05, 0) is 26.3 Å². The smallest absolute Gasteiger partial charge is 0.372 e. The molecule has 0 saturated carbocycles. The van der Waals surface area contributed by atoms with Crippen molar-refractivity contribution in [2.45, 2.75) is 37.8 Å². The van der Waals surface area contributed by atoms with Gasteiger partial charge < -0.3 is 10.1 Å². The van der Waals surface area contributed by atoms with E-state index >= 15 is 0 Å². The molecule has 1 aliphatic carbocycles. The van der Waals surface area contributed by atoms with Gasteiger partial charge in [-0.15, -0.1) is 11.3 Å². The van der Waals surface area contributed by atoms with Crippen molar-refractivity contribution in [3.63, 3.8) is 0 Å². The molecular formula is C13H19F3N2OS. The van der Waals surface area contributed by atoms with E-state index in [9.17, 15) is 13.2 Å². The molecule has 0 amide bonds. The van der Waals surface area contributed by atoms with Gasteiger partial charge in [0.05, 0.1) is 17.3 Å². The van der Waals surface area contributed by atoms with E-state index in [1.165, 1.54) is 4.88 Å². The number of nitrogens with one attached hydrogen (secondary N) is 1. The van der Waals surface area contributed by atoms with Gasteiger partial charge >= 0.3 is 6.18 Å². The molecule has 1 unspecified atom stereocenters. The van der Waals surface area contributed by atoms with Gasteiger partial charge in [0.25, 0.3) is 0 Å². The summed E-state index contributed by atoms with van der Waals surface area (Å²) in [7, 11) is 1.92. The normalized spacial score (nSPS) is 19.1. The number of rotatable bonds is 6. The molecule has 20 heavy (non-hydrogen) atoms. The lowest BCUT2D eigenvalue weighted by molar-refractivity contribution is -0.173. The lowest BCUT2D eigenvalue weighted by Gasteiger charge is -2.20. The second kappa shape index (κ2) is 6.87. The van der Waals surface area contributed by atoms with Gasteiger partial charge in [-0.25, -0.2) is 4.98 Å². The minimum Gasteiger partial charge on any atom is -0.372 e. The van der Waals surface area contributed by atoms with Gasteiger partial charge in [-0.1, -0.05) is 0 Å². The van der Waals surface area contributed by atoms with Crippen molar-refractivity contribution < 1.29 is 17.9 Å². The summed E-state index contributed by atoms with van der Waals surface area (Å²) in [6, 6.07) is 0.